The molecule has 0 bridgehead atoms. The first-order chi connectivity index (χ1) is 7.55. The first-order valence-corrected chi connectivity index (χ1v) is 7.24. The SMILES string of the molecule is Cc1cccc(CNC2CCS(=O)(=O)C2)n1. The zero-order chi connectivity index (χ0) is 11.6. The lowest BCUT2D eigenvalue weighted by molar-refractivity contribution is 0.548. The monoisotopic (exact) mass is 240 g/mol. The summed E-state index contributed by atoms with van der Waals surface area (Å²) < 4.78 is 22.5. The molecule has 16 heavy (non-hydrogen) atoms. The number of sulfone groups is 1. The fourth-order valence-electron chi connectivity index (χ4n) is 1.90. The molecule has 0 amide bonds. The summed E-state index contributed by atoms with van der Waals surface area (Å²) in [4.78, 5) is 4.36. The van der Waals surface area contributed by atoms with Crippen molar-refractivity contribution in [3.63, 3.8) is 0 Å². The van der Waals surface area contributed by atoms with Crippen LogP contribution in [0.25, 0.3) is 0 Å². The summed E-state index contributed by atoms with van der Waals surface area (Å²) in [5, 5.41) is 3.24. The van der Waals surface area contributed by atoms with Gasteiger partial charge in [-0.05, 0) is 25.5 Å². The van der Waals surface area contributed by atoms with Gasteiger partial charge in [0.1, 0.15) is 0 Å². The molecule has 0 aliphatic carbocycles. The van der Waals surface area contributed by atoms with Crippen LogP contribution in [0, 0.1) is 6.92 Å². The minimum absolute atomic E-state index is 0.0901. The molecule has 1 aromatic rings. The molecule has 1 fully saturated rings. The number of aryl methyl sites for hydroxylation is 1. The Hall–Kier alpha value is -0.940. The van der Waals surface area contributed by atoms with E-state index in [-0.39, 0.29) is 11.8 Å². The Morgan fingerprint density at radius 2 is 2.31 bits per heavy atom. The lowest BCUT2D eigenvalue weighted by Gasteiger charge is -2.10. The topological polar surface area (TPSA) is 59.1 Å². The van der Waals surface area contributed by atoms with Crippen molar-refractivity contribution in [3.05, 3.63) is 29.6 Å². The Labute approximate surface area is 96.0 Å². The maximum atomic E-state index is 11.3. The third kappa shape index (κ3) is 3.02. The fraction of sp³-hybridized carbons (Fsp3) is 0.545. The van der Waals surface area contributed by atoms with Crippen molar-refractivity contribution >= 4 is 9.84 Å². The molecule has 1 atom stereocenters. The highest BCUT2D eigenvalue weighted by molar-refractivity contribution is 7.91. The van der Waals surface area contributed by atoms with E-state index in [2.05, 4.69) is 10.3 Å². The minimum Gasteiger partial charge on any atom is -0.307 e. The van der Waals surface area contributed by atoms with Crippen LogP contribution in [-0.4, -0.2) is 30.9 Å². The maximum Gasteiger partial charge on any atom is 0.151 e. The van der Waals surface area contributed by atoms with E-state index in [1.165, 1.54) is 0 Å². The van der Waals surface area contributed by atoms with Gasteiger partial charge in [0, 0.05) is 18.3 Å². The highest BCUT2D eigenvalue weighted by Crippen LogP contribution is 2.11. The van der Waals surface area contributed by atoms with E-state index in [1.807, 2.05) is 25.1 Å². The number of rotatable bonds is 3. The number of nitrogens with one attached hydrogen (secondary N) is 1. The van der Waals surface area contributed by atoms with E-state index in [0.717, 1.165) is 11.4 Å². The molecule has 1 unspecified atom stereocenters. The lowest BCUT2D eigenvalue weighted by Crippen LogP contribution is -2.29. The maximum absolute atomic E-state index is 11.3. The molecule has 1 aromatic heterocycles. The average molecular weight is 240 g/mol. The first-order valence-electron chi connectivity index (χ1n) is 5.41. The molecule has 2 rings (SSSR count). The molecule has 0 spiro atoms. The van der Waals surface area contributed by atoms with Crippen LogP contribution < -0.4 is 5.32 Å². The highest BCUT2D eigenvalue weighted by atomic mass is 32.2. The zero-order valence-corrected chi connectivity index (χ0v) is 10.1. The Morgan fingerprint density at radius 1 is 1.50 bits per heavy atom. The van der Waals surface area contributed by atoms with E-state index in [1.54, 1.807) is 0 Å². The van der Waals surface area contributed by atoms with Gasteiger partial charge in [-0.15, -0.1) is 0 Å². The summed E-state index contributed by atoms with van der Waals surface area (Å²) in [5.74, 6) is 0.574. The van der Waals surface area contributed by atoms with Gasteiger partial charge >= 0.3 is 0 Å². The summed E-state index contributed by atoms with van der Waals surface area (Å²) in [6.07, 6.45) is 0.716. The third-order valence-corrected chi connectivity index (χ3v) is 4.52. The summed E-state index contributed by atoms with van der Waals surface area (Å²) in [6, 6.07) is 5.95. The van der Waals surface area contributed by atoms with Crippen LogP contribution in [0.2, 0.25) is 0 Å². The number of nitrogens with zero attached hydrogens (tertiary/aromatic N) is 1. The van der Waals surface area contributed by atoms with Gasteiger partial charge in [-0.3, -0.25) is 4.98 Å². The van der Waals surface area contributed by atoms with Crippen LogP contribution in [0.15, 0.2) is 18.2 Å². The molecule has 0 aromatic carbocycles. The molecule has 1 saturated heterocycles. The second-order valence-corrected chi connectivity index (χ2v) is 6.48. The summed E-state index contributed by atoms with van der Waals surface area (Å²) in [6.45, 7) is 2.59. The number of pyridine rings is 1. The Balaban J connectivity index is 1.89. The van der Waals surface area contributed by atoms with Gasteiger partial charge < -0.3 is 5.32 Å². The molecule has 88 valence electrons. The van der Waals surface area contributed by atoms with Crippen LogP contribution in [0.5, 0.6) is 0 Å². The van der Waals surface area contributed by atoms with E-state index >= 15 is 0 Å². The molecule has 2 heterocycles. The summed E-state index contributed by atoms with van der Waals surface area (Å²) >= 11 is 0. The molecular weight excluding hydrogens is 224 g/mol. The minimum atomic E-state index is -2.79. The van der Waals surface area contributed by atoms with Crippen LogP contribution >= 0.6 is 0 Å². The van der Waals surface area contributed by atoms with Crippen molar-refractivity contribution in [1.29, 1.82) is 0 Å². The van der Waals surface area contributed by atoms with E-state index < -0.39 is 9.84 Å². The van der Waals surface area contributed by atoms with Crippen molar-refractivity contribution < 1.29 is 8.42 Å². The van der Waals surface area contributed by atoms with Crippen molar-refractivity contribution in [2.24, 2.45) is 0 Å². The lowest BCUT2D eigenvalue weighted by atomic mass is 10.2. The van der Waals surface area contributed by atoms with Gasteiger partial charge in [-0.25, -0.2) is 8.42 Å². The molecule has 1 N–H and O–H groups in total. The van der Waals surface area contributed by atoms with Gasteiger partial charge in [0.2, 0.25) is 0 Å². The van der Waals surface area contributed by atoms with E-state index in [9.17, 15) is 8.42 Å². The molecule has 1 aliphatic heterocycles. The second kappa shape index (κ2) is 4.51. The summed E-state index contributed by atoms with van der Waals surface area (Å²) in [5.41, 5.74) is 1.95. The third-order valence-electron chi connectivity index (χ3n) is 2.75. The van der Waals surface area contributed by atoms with Gasteiger partial charge in [0.05, 0.1) is 17.2 Å². The molecule has 4 nitrogen and oxygen atoms in total. The average Bonchev–Trinajstić information content (AvgIpc) is 2.56. The molecule has 5 heteroatoms. The standard InChI is InChI=1S/C11H16N2O2S/c1-9-3-2-4-10(13-9)7-12-11-5-6-16(14,15)8-11/h2-4,11-12H,5-8H2,1H3. The molecular formula is C11H16N2O2S. The van der Waals surface area contributed by atoms with Crippen LogP contribution in [-0.2, 0) is 16.4 Å². The van der Waals surface area contributed by atoms with Gasteiger partial charge in [-0.2, -0.15) is 0 Å². The second-order valence-electron chi connectivity index (χ2n) is 4.25. The Kier molecular flexibility index (Phi) is 3.25. The predicted octanol–water partition coefficient (Wildman–Crippen LogP) is 0.667. The molecule has 1 aliphatic rings. The van der Waals surface area contributed by atoms with E-state index in [4.69, 9.17) is 0 Å². The van der Waals surface area contributed by atoms with Crippen LogP contribution in [0.4, 0.5) is 0 Å². The first kappa shape index (κ1) is 11.5. The van der Waals surface area contributed by atoms with Crippen LogP contribution in [0.3, 0.4) is 0 Å². The van der Waals surface area contributed by atoms with Gasteiger partial charge in [0.15, 0.2) is 9.84 Å². The van der Waals surface area contributed by atoms with E-state index in [0.29, 0.717) is 18.7 Å². The zero-order valence-electron chi connectivity index (χ0n) is 9.31. The van der Waals surface area contributed by atoms with Crippen molar-refractivity contribution in [2.45, 2.75) is 25.9 Å². The van der Waals surface area contributed by atoms with Crippen molar-refractivity contribution in [1.82, 2.24) is 10.3 Å². The van der Waals surface area contributed by atoms with Crippen molar-refractivity contribution in [2.75, 3.05) is 11.5 Å². The highest BCUT2D eigenvalue weighted by Gasteiger charge is 2.27. The summed E-state index contributed by atoms with van der Waals surface area (Å²) in [7, 11) is -2.79. The van der Waals surface area contributed by atoms with Gasteiger partial charge in [0.25, 0.3) is 0 Å². The Bertz CT molecular complexity index is 471. The molecule has 0 saturated carbocycles. The van der Waals surface area contributed by atoms with Gasteiger partial charge in [-0.1, -0.05) is 6.07 Å². The Morgan fingerprint density at radius 3 is 2.94 bits per heavy atom. The molecule has 0 radical (unpaired) electrons. The van der Waals surface area contributed by atoms with Crippen LogP contribution in [0.1, 0.15) is 17.8 Å². The predicted molar refractivity (Wildman–Crippen MR) is 62.9 cm³/mol. The van der Waals surface area contributed by atoms with Crippen molar-refractivity contribution in [3.8, 4) is 0 Å². The largest absolute Gasteiger partial charge is 0.307 e. The number of aromatic nitrogens is 1. The number of hydrogen-bond donors (Lipinski definition) is 1. The quantitative estimate of drug-likeness (QED) is 0.843. The smallest absolute Gasteiger partial charge is 0.151 e. The normalized spacial score (nSPS) is 23.4. The number of hydrogen-bond acceptors (Lipinski definition) is 4. The fourth-order valence-corrected chi connectivity index (χ4v) is 3.61.